The van der Waals surface area contributed by atoms with Crippen molar-refractivity contribution in [3.05, 3.63) is 40.0 Å². The smallest absolute Gasteiger partial charge is 0.339 e. The summed E-state index contributed by atoms with van der Waals surface area (Å²) in [7, 11) is 0. The fraction of sp³-hybridized carbons (Fsp3) is 0. The second-order valence-corrected chi connectivity index (χ2v) is 4.28. The number of imidazole rings is 1. The van der Waals surface area contributed by atoms with Gasteiger partial charge in [0.25, 0.3) is 0 Å². The van der Waals surface area contributed by atoms with Crippen LogP contribution in [0.1, 0.15) is 21.7 Å². The topological polar surface area (TPSA) is 116 Å². The van der Waals surface area contributed by atoms with Crippen molar-refractivity contribution in [3.8, 4) is 18.0 Å². The number of aromatic carboxylic acids is 1. The summed E-state index contributed by atoms with van der Waals surface area (Å²) >= 11 is 3.12. The molecule has 0 spiro atoms. The molecule has 0 amide bonds. The Balaban J connectivity index is 2.74. The number of rotatable bonds is 2. The molecule has 92 valence electrons. The van der Waals surface area contributed by atoms with Gasteiger partial charge in [-0.25, -0.2) is 14.8 Å². The molecule has 2 aromatic rings. The molecule has 8 heteroatoms. The number of pyridine rings is 1. The van der Waals surface area contributed by atoms with Gasteiger partial charge in [-0.2, -0.15) is 10.5 Å². The fourth-order valence-electron chi connectivity index (χ4n) is 1.48. The quantitative estimate of drug-likeness (QED) is 0.896. The van der Waals surface area contributed by atoms with Gasteiger partial charge >= 0.3 is 5.97 Å². The summed E-state index contributed by atoms with van der Waals surface area (Å²) in [6.07, 6.45) is 2.59. The van der Waals surface area contributed by atoms with Gasteiger partial charge < -0.3 is 5.11 Å². The summed E-state index contributed by atoms with van der Waals surface area (Å²) in [5.41, 5.74) is -0.240. The lowest BCUT2D eigenvalue weighted by Crippen LogP contribution is -2.08. The van der Waals surface area contributed by atoms with E-state index in [2.05, 4.69) is 25.9 Å². The van der Waals surface area contributed by atoms with Crippen molar-refractivity contribution in [2.24, 2.45) is 0 Å². The molecule has 0 aliphatic rings. The third-order valence-electron chi connectivity index (χ3n) is 2.27. The van der Waals surface area contributed by atoms with Crippen molar-refractivity contribution in [1.82, 2.24) is 14.5 Å². The zero-order chi connectivity index (χ0) is 14.0. The number of halogens is 1. The summed E-state index contributed by atoms with van der Waals surface area (Å²) in [6, 6.07) is 4.92. The Kier molecular flexibility index (Phi) is 3.27. The van der Waals surface area contributed by atoms with E-state index in [9.17, 15) is 4.79 Å². The van der Waals surface area contributed by atoms with Crippen LogP contribution in [-0.4, -0.2) is 25.6 Å². The molecule has 0 radical (unpaired) electrons. The van der Waals surface area contributed by atoms with Crippen molar-refractivity contribution in [3.63, 3.8) is 0 Å². The molecule has 2 heterocycles. The summed E-state index contributed by atoms with van der Waals surface area (Å²) < 4.78 is 1.67. The first-order chi connectivity index (χ1) is 9.08. The predicted octanol–water partition coefficient (Wildman–Crippen LogP) is 1.47. The van der Waals surface area contributed by atoms with Crippen molar-refractivity contribution >= 4 is 21.9 Å². The second kappa shape index (κ2) is 4.88. The highest BCUT2D eigenvalue weighted by Crippen LogP contribution is 2.20. The number of hydrogen-bond acceptors (Lipinski definition) is 5. The number of nitriles is 2. The number of hydrogen-bond donors (Lipinski definition) is 1. The SMILES string of the molecule is N#Cc1ncn(-c2ncc(Br)cc2C(=O)O)c1C#N. The third-order valence-corrected chi connectivity index (χ3v) is 2.70. The fourth-order valence-corrected chi connectivity index (χ4v) is 1.81. The second-order valence-electron chi connectivity index (χ2n) is 3.37. The van der Waals surface area contributed by atoms with Crippen LogP contribution >= 0.6 is 15.9 Å². The maximum Gasteiger partial charge on any atom is 0.339 e. The number of nitrogens with zero attached hydrogens (tertiary/aromatic N) is 5. The van der Waals surface area contributed by atoms with Gasteiger partial charge in [0.2, 0.25) is 0 Å². The zero-order valence-electron chi connectivity index (χ0n) is 9.20. The maximum absolute atomic E-state index is 11.2. The first kappa shape index (κ1) is 12.7. The Labute approximate surface area is 115 Å². The van der Waals surface area contributed by atoms with Gasteiger partial charge in [-0.1, -0.05) is 0 Å². The van der Waals surface area contributed by atoms with Crippen LogP contribution in [0.15, 0.2) is 23.1 Å². The van der Waals surface area contributed by atoms with Crippen LogP contribution in [0.2, 0.25) is 0 Å². The van der Waals surface area contributed by atoms with Crippen molar-refractivity contribution < 1.29 is 9.90 Å². The molecule has 0 fully saturated rings. The van der Waals surface area contributed by atoms with E-state index in [0.29, 0.717) is 4.47 Å². The number of aromatic nitrogens is 3. The molecule has 0 unspecified atom stereocenters. The Morgan fingerprint density at radius 2 is 2.11 bits per heavy atom. The first-order valence-electron chi connectivity index (χ1n) is 4.85. The normalized spacial score (nSPS) is 9.63. The van der Waals surface area contributed by atoms with E-state index in [4.69, 9.17) is 15.6 Å². The molecular formula is C11H4BrN5O2. The standard InChI is InChI=1S/C11H4BrN5O2/c12-6-1-7(11(18)19)10(15-4-6)17-5-16-8(2-13)9(17)3-14/h1,4-5H,(H,18,19). The Morgan fingerprint density at radius 1 is 1.37 bits per heavy atom. The monoisotopic (exact) mass is 317 g/mol. The van der Waals surface area contributed by atoms with Crippen LogP contribution in [0.5, 0.6) is 0 Å². The lowest BCUT2D eigenvalue weighted by atomic mass is 10.2. The lowest BCUT2D eigenvalue weighted by Gasteiger charge is -2.06. The van der Waals surface area contributed by atoms with Gasteiger partial charge in [0.05, 0.1) is 0 Å². The maximum atomic E-state index is 11.2. The van der Waals surface area contributed by atoms with E-state index in [0.717, 1.165) is 0 Å². The highest BCUT2D eigenvalue weighted by molar-refractivity contribution is 9.10. The Bertz CT molecular complexity index is 753. The molecule has 0 saturated carbocycles. The van der Waals surface area contributed by atoms with Crippen LogP contribution < -0.4 is 0 Å². The van der Waals surface area contributed by atoms with Gasteiger partial charge in [0, 0.05) is 10.7 Å². The zero-order valence-corrected chi connectivity index (χ0v) is 10.8. The molecule has 0 saturated heterocycles. The van der Waals surface area contributed by atoms with Crippen molar-refractivity contribution in [2.75, 3.05) is 0 Å². The molecule has 19 heavy (non-hydrogen) atoms. The Morgan fingerprint density at radius 3 is 2.68 bits per heavy atom. The molecule has 1 N–H and O–H groups in total. The molecular weight excluding hydrogens is 314 g/mol. The van der Waals surface area contributed by atoms with Gasteiger partial charge in [-0.05, 0) is 22.0 Å². The number of carbonyl (C=O) groups is 1. The van der Waals surface area contributed by atoms with E-state index in [1.807, 2.05) is 6.07 Å². The van der Waals surface area contributed by atoms with Gasteiger partial charge in [0.15, 0.2) is 17.2 Å². The largest absolute Gasteiger partial charge is 0.478 e. The summed E-state index contributed by atoms with van der Waals surface area (Å²) in [5, 5.41) is 27.0. The van der Waals surface area contributed by atoms with Crippen LogP contribution in [0.25, 0.3) is 5.82 Å². The highest BCUT2D eigenvalue weighted by Gasteiger charge is 2.19. The van der Waals surface area contributed by atoms with Gasteiger partial charge in [0.1, 0.15) is 24.0 Å². The molecule has 2 rings (SSSR count). The highest BCUT2D eigenvalue weighted by atomic mass is 79.9. The average Bonchev–Trinajstić information content (AvgIpc) is 2.81. The average molecular weight is 318 g/mol. The van der Waals surface area contributed by atoms with Crippen LogP contribution in [0, 0.1) is 22.7 Å². The van der Waals surface area contributed by atoms with E-state index in [-0.39, 0.29) is 22.8 Å². The third kappa shape index (κ3) is 2.17. The molecule has 0 atom stereocenters. The van der Waals surface area contributed by atoms with Crippen LogP contribution in [-0.2, 0) is 0 Å². The molecule has 0 aliphatic carbocycles. The van der Waals surface area contributed by atoms with Gasteiger partial charge in [-0.3, -0.25) is 4.57 Å². The van der Waals surface area contributed by atoms with Crippen molar-refractivity contribution in [1.29, 1.82) is 10.5 Å². The minimum atomic E-state index is -1.19. The number of carboxylic acid groups (broad SMARTS) is 1. The summed E-state index contributed by atoms with van der Waals surface area (Å²) in [4.78, 5) is 18.9. The van der Waals surface area contributed by atoms with Gasteiger partial charge in [-0.15, -0.1) is 0 Å². The minimum Gasteiger partial charge on any atom is -0.478 e. The molecule has 7 nitrogen and oxygen atoms in total. The summed E-state index contributed by atoms with van der Waals surface area (Å²) in [5.74, 6) is -1.17. The van der Waals surface area contributed by atoms with Crippen LogP contribution in [0.3, 0.4) is 0 Å². The predicted molar refractivity (Wildman–Crippen MR) is 65.4 cm³/mol. The Hall–Kier alpha value is -2.71. The molecule has 0 aliphatic heterocycles. The lowest BCUT2D eigenvalue weighted by molar-refractivity contribution is 0.0696. The van der Waals surface area contributed by atoms with E-state index >= 15 is 0 Å². The first-order valence-corrected chi connectivity index (χ1v) is 5.64. The van der Waals surface area contributed by atoms with E-state index in [1.165, 1.54) is 23.2 Å². The molecule has 0 bridgehead atoms. The molecule has 0 aromatic carbocycles. The number of carboxylic acids is 1. The molecule has 2 aromatic heterocycles. The summed E-state index contributed by atoms with van der Waals surface area (Å²) in [6.45, 7) is 0. The van der Waals surface area contributed by atoms with Crippen molar-refractivity contribution in [2.45, 2.75) is 0 Å². The minimum absolute atomic E-state index is 0.0289. The van der Waals surface area contributed by atoms with E-state index < -0.39 is 5.97 Å². The van der Waals surface area contributed by atoms with E-state index in [1.54, 1.807) is 6.07 Å². The van der Waals surface area contributed by atoms with Crippen LogP contribution in [0.4, 0.5) is 0 Å².